The molecule has 1 atom stereocenters. The van der Waals surface area contributed by atoms with E-state index in [1.807, 2.05) is 0 Å². The van der Waals surface area contributed by atoms with Gasteiger partial charge in [-0.15, -0.1) is 0 Å². The summed E-state index contributed by atoms with van der Waals surface area (Å²) in [4.78, 5) is 38.4. The molecule has 1 unspecified atom stereocenters. The van der Waals surface area contributed by atoms with Crippen molar-refractivity contribution >= 4 is 29.1 Å². The fraction of sp³-hybridized carbons (Fsp3) is 0.276. The van der Waals surface area contributed by atoms with Crippen LogP contribution >= 0.6 is 0 Å². The first kappa shape index (κ1) is 29.2. The number of amides is 3. The van der Waals surface area contributed by atoms with Crippen molar-refractivity contribution in [2.45, 2.75) is 32.0 Å². The number of hydrogen-bond acceptors (Lipinski definition) is 6. The molecule has 2 saturated heterocycles. The van der Waals surface area contributed by atoms with Gasteiger partial charge in [-0.3, -0.25) is 19.8 Å². The summed E-state index contributed by atoms with van der Waals surface area (Å²) in [6.07, 6.45) is -1.93. The smallest absolute Gasteiger partial charge is 0.432 e. The molecule has 2 aliphatic heterocycles. The Bertz CT molecular complexity index is 1430. The van der Waals surface area contributed by atoms with Gasteiger partial charge in [0.05, 0.1) is 5.71 Å². The van der Waals surface area contributed by atoms with Crippen LogP contribution < -0.4 is 15.4 Å². The molecule has 4 rings (SSSR count). The van der Waals surface area contributed by atoms with Crippen molar-refractivity contribution in [2.24, 2.45) is 5.92 Å². The number of rotatable bonds is 10. The van der Waals surface area contributed by atoms with Gasteiger partial charge in [0.1, 0.15) is 17.2 Å². The molecule has 0 radical (unpaired) electrons. The van der Waals surface area contributed by atoms with Crippen LogP contribution in [0.15, 0.2) is 66.9 Å². The Labute approximate surface area is 234 Å². The zero-order valence-electron chi connectivity index (χ0n) is 21.9. The Kier molecular flexibility index (Phi) is 8.70. The number of ether oxygens (including phenoxy) is 1. The van der Waals surface area contributed by atoms with Crippen LogP contribution in [-0.4, -0.2) is 53.3 Å². The molecular weight excluding hydrogens is 539 g/mol. The minimum absolute atomic E-state index is 0.0170. The Balaban J connectivity index is 1.52. The van der Waals surface area contributed by atoms with Crippen molar-refractivity contribution in [1.82, 2.24) is 15.5 Å². The first-order chi connectivity index (χ1) is 19.4. The molecule has 0 aliphatic carbocycles. The maximum atomic E-state index is 13.0. The van der Waals surface area contributed by atoms with Gasteiger partial charge in [-0.1, -0.05) is 12.6 Å². The van der Waals surface area contributed by atoms with Gasteiger partial charge in [-0.05, 0) is 60.5 Å². The summed E-state index contributed by atoms with van der Waals surface area (Å²) in [7, 11) is 0. The van der Waals surface area contributed by atoms with E-state index < -0.39 is 17.8 Å². The lowest BCUT2D eigenvalue weighted by Gasteiger charge is -2.19. The molecule has 0 saturated carbocycles. The second-order valence-electron chi connectivity index (χ2n) is 9.71. The number of likely N-dealkylation sites (tertiary alicyclic amines) is 1. The van der Waals surface area contributed by atoms with Crippen LogP contribution in [0, 0.1) is 16.7 Å². The predicted octanol–water partition coefficient (Wildman–Crippen LogP) is 4.49. The Hall–Kier alpha value is -4.74. The second-order valence-corrected chi connectivity index (χ2v) is 9.71. The summed E-state index contributed by atoms with van der Waals surface area (Å²) in [5.74, 6) is -0.0953. The number of carbonyl (C=O) groups is 3. The Morgan fingerprint density at radius 3 is 2.44 bits per heavy atom. The van der Waals surface area contributed by atoms with E-state index in [2.05, 4.69) is 17.2 Å². The summed E-state index contributed by atoms with van der Waals surface area (Å²) in [5.41, 5.74) is -0.140. The van der Waals surface area contributed by atoms with E-state index in [0.717, 1.165) is 12.5 Å². The van der Waals surface area contributed by atoms with Crippen LogP contribution in [0.2, 0.25) is 0 Å². The van der Waals surface area contributed by atoms with E-state index in [0.29, 0.717) is 53.9 Å². The molecule has 4 N–H and O–H groups in total. The SMILES string of the molecule is C=C(NC(=O)c1ccc(CN2CCCC2=O)c(Oc2ccc(C(=N)/C=C\C(=N)C(F)(F)F)cc2)c1)C1CNC(=O)C1. The van der Waals surface area contributed by atoms with E-state index in [9.17, 15) is 27.6 Å². The van der Waals surface area contributed by atoms with Crippen LogP contribution in [0.25, 0.3) is 0 Å². The van der Waals surface area contributed by atoms with Crippen molar-refractivity contribution in [2.75, 3.05) is 13.1 Å². The van der Waals surface area contributed by atoms with Crippen molar-refractivity contribution < 1.29 is 32.3 Å². The monoisotopic (exact) mass is 567 g/mol. The fourth-order valence-corrected chi connectivity index (χ4v) is 4.36. The zero-order valence-corrected chi connectivity index (χ0v) is 21.9. The standard InChI is InChI=1S/C29H28F3N5O4/c1-17(21-14-26(38)35-15-21)36-28(40)19-4-5-20(16-37-12-2-3-27(37)39)24(13-19)41-22-8-6-18(7-9-22)23(33)10-11-25(34)29(30,31)32/h4-11,13,21,33-34H,1-3,12,14-16H2,(H,35,38)(H,36,40)/b11-10-,33-23?,34-25?. The number of benzene rings is 2. The van der Waals surface area contributed by atoms with E-state index in [1.165, 1.54) is 30.3 Å². The van der Waals surface area contributed by atoms with Crippen LogP contribution in [-0.2, 0) is 16.1 Å². The van der Waals surface area contributed by atoms with Gasteiger partial charge in [-0.2, -0.15) is 13.2 Å². The first-order valence-electron chi connectivity index (χ1n) is 12.8. The normalized spacial score (nSPS) is 17.0. The molecule has 0 bridgehead atoms. The van der Waals surface area contributed by atoms with E-state index in [-0.39, 0.29) is 42.0 Å². The number of nitrogens with zero attached hydrogens (tertiary/aromatic N) is 1. The molecule has 9 nitrogen and oxygen atoms in total. The average molecular weight is 568 g/mol. The third-order valence-corrected chi connectivity index (χ3v) is 6.72. The molecule has 2 heterocycles. The average Bonchev–Trinajstić information content (AvgIpc) is 3.55. The van der Waals surface area contributed by atoms with Gasteiger partial charge in [0, 0.05) is 55.2 Å². The van der Waals surface area contributed by atoms with Crippen molar-refractivity contribution in [3.05, 3.63) is 83.6 Å². The van der Waals surface area contributed by atoms with E-state index in [4.69, 9.17) is 15.6 Å². The summed E-state index contributed by atoms with van der Waals surface area (Å²) in [6, 6.07) is 10.9. The van der Waals surface area contributed by atoms with E-state index in [1.54, 1.807) is 17.0 Å². The molecule has 214 valence electrons. The van der Waals surface area contributed by atoms with Gasteiger partial charge < -0.3 is 25.7 Å². The molecule has 0 aromatic heterocycles. The minimum atomic E-state index is -4.79. The third-order valence-electron chi connectivity index (χ3n) is 6.72. The zero-order chi connectivity index (χ0) is 29.7. The quantitative estimate of drug-likeness (QED) is 0.315. The van der Waals surface area contributed by atoms with Crippen LogP contribution in [0.4, 0.5) is 13.2 Å². The predicted molar refractivity (Wildman–Crippen MR) is 145 cm³/mol. The summed E-state index contributed by atoms with van der Waals surface area (Å²) < 4.78 is 43.7. The highest BCUT2D eigenvalue weighted by Gasteiger charge is 2.32. The topological polar surface area (TPSA) is 135 Å². The number of halogens is 3. The van der Waals surface area contributed by atoms with Crippen LogP contribution in [0.3, 0.4) is 0 Å². The molecular formula is C29H28F3N5O4. The first-order valence-corrected chi connectivity index (χ1v) is 12.8. The number of nitrogens with one attached hydrogen (secondary N) is 4. The molecule has 2 aromatic carbocycles. The summed E-state index contributed by atoms with van der Waals surface area (Å²) in [5, 5.41) is 20.4. The molecule has 41 heavy (non-hydrogen) atoms. The van der Waals surface area contributed by atoms with E-state index >= 15 is 0 Å². The second kappa shape index (κ2) is 12.2. The van der Waals surface area contributed by atoms with Gasteiger partial charge in [-0.25, -0.2) is 0 Å². The van der Waals surface area contributed by atoms with Crippen LogP contribution in [0.1, 0.15) is 40.7 Å². The molecule has 2 aromatic rings. The van der Waals surface area contributed by atoms with Gasteiger partial charge in [0.15, 0.2) is 0 Å². The largest absolute Gasteiger partial charge is 0.457 e. The lowest BCUT2D eigenvalue weighted by atomic mass is 10.0. The highest BCUT2D eigenvalue weighted by atomic mass is 19.4. The molecule has 2 aliphatic rings. The fourth-order valence-electron chi connectivity index (χ4n) is 4.36. The molecule has 12 heteroatoms. The maximum Gasteiger partial charge on any atom is 0.432 e. The lowest BCUT2D eigenvalue weighted by molar-refractivity contribution is -0.128. The van der Waals surface area contributed by atoms with Gasteiger partial charge >= 0.3 is 6.18 Å². The van der Waals surface area contributed by atoms with Crippen molar-refractivity contribution in [1.29, 1.82) is 10.8 Å². The summed E-state index contributed by atoms with van der Waals surface area (Å²) >= 11 is 0. The lowest BCUT2D eigenvalue weighted by Crippen LogP contribution is -2.28. The number of alkyl halides is 3. The minimum Gasteiger partial charge on any atom is -0.457 e. The maximum absolute atomic E-state index is 13.0. The molecule has 3 amide bonds. The van der Waals surface area contributed by atoms with Crippen molar-refractivity contribution in [3.63, 3.8) is 0 Å². The Morgan fingerprint density at radius 1 is 1.12 bits per heavy atom. The molecule has 0 spiro atoms. The highest BCUT2D eigenvalue weighted by molar-refractivity contribution is 6.10. The van der Waals surface area contributed by atoms with Crippen molar-refractivity contribution in [3.8, 4) is 11.5 Å². The number of allylic oxidation sites excluding steroid dienone is 2. The Morgan fingerprint density at radius 2 is 1.83 bits per heavy atom. The summed E-state index contributed by atoms with van der Waals surface area (Å²) in [6.45, 7) is 5.16. The van der Waals surface area contributed by atoms with Gasteiger partial charge in [0.25, 0.3) is 5.91 Å². The number of hydrogen-bond donors (Lipinski definition) is 4. The highest BCUT2D eigenvalue weighted by Crippen LogP contribution is 2.30. The molecule has 2 fully saturated rings. The van der Waals surface area contributed by atoms with Gasteiger partial charge in [0.2, 0.25) is 11.8 Å². The van der Waals surface area contributed by atoms with Crippen LogP contribution in [0.5, 0.6) is 11.5 Å². The third kappa shape index (κ3) is 7.47. The number of carbonyl (C=O) groups excluding carboxylic acids is 3.